The van der Waals surface area contributed by atoms with Crippen LogP contribution in [0.25, 0.3) is 0 Å². The third kappa shape index (κ3) is 7.89. The maximum Gasteiger partial charge on any atom is 0.191 e. The van der Waals surface area contributed by atoms with E-state index >= 15 is 0 Å². The molecule has 2 atom stereocenters. The summed E-state index contributed by atoms with van der Waals surface area (Å²) in [7, 11) is -0.685. The van der Waals surface area contributed by atoms with Crippen molar-refractivity contribution >= 4 is 15.8 Å². The van der Waals surface area contributed by atoms with Crippen molar-refractivity contribution in [3.05, 3.63) is 35.9 Å². The molecule has 0 amide bonds. The van der Waals surface area contributed by atoms with Gasteiger partial charge in [-0.25, -0.2) is 8.42 Å². The fraction of sp³-hybridized carbons (Fsp3) is 0.650. The number of nitrogens with one attached hydrogen (secondary N) is 2. The standard InChI is InChI=1S/C20H34N4O2S/c1-4-21-20(23-14-19-11-13-27(25,26)16-19)22-12-10-17(2)24(3)15-18-8-6-5-7-9-18/h5-9,17,19H,4,10-16H2,1-3H3,(H2,21,22,23). The van der Waals surface area contributed by atoms with E-state index in [1.54, 1.807) is 0 Å². The molecule has 1 aromatic rings. The van der Waals surface area contributed by atoms with Crippen molar-refractivity contribution in [3.8, 4) is 0 Å². The van der Waals surface area contributed by atoms with E-state index < -0.39 is 9.84 Å². The van der Waals surface area contributed by atoms with E-state index in [0.717, 1.165) is 38.4 Å². The quantitative estimate of drug-likeness (QED) is 0.494. The molecule has 0 aromatic heterocycles. The molecule has 2 N–H and O–H groups in total. The van der Waals surface area contributed by atoms with E-state index in [2.05, 4.69) is 58.8 Å². The minimum Gasteiger partial charge on any atom is -0.357 e. The predicted molar refractivity (Wildman–Crippen MR) is 113 cm³/mol. The number of sulfone groups is 1. The smallest absolute Gasteiger partial charge is 0.191 e. The zero-order valence-electron chi connectivity index (χ0n) is 16.8. The molecule has 0 radical (unpaired) electrons. The van der Waals surface area contributed by atoms with Crippen LogP contribution in [-0.4, -0.2) is 63.5 Å². The normalized spacial score (nSPS) is 20.6. The van der Waals surface area contributed by atoms with Gasteiger partial charge in [-0.05, 0) is 45.2 Å². The zero-order chi connectivity index (χ0) is 19.7. The lowest BCUT2D eigenvalue weighted by Gasteiger charge is -2.25. The van der Waals surface area contributed by atoms with E-state index in [0.29, 0.717) is 18.3 Å². The van der Waals surface area contributed by atoms with Crippen LogP contribution in [0.5, 0.6) is 0 Å². The van der Waals surface area contributed by atoms with Crippen LogP contribution in [0.2, 0.25) is 0 Å². The van der Waals surface area contributed by atoms with Crippen LogP contribution in [0.1, 0.15) is 32.3 Å². The molecule has 152 valence electrons. The number of aliphatic imine (C=N–C) groups is 1. The van der Waals surface area contributed by atoms with Crippen molar-refractivity contribution in [1.82, 2.24) is 15.5 Å². The number of nitrogens with zero attached hydrogens (tertiary/aromatic N) is 2. The lowest BCUT2D eigenvalue weighted by atomic mass is 10.1. The monoisotopic (exact) mass is 394 g/mol. The van der Waals surface area contributed by atoms with Gasteiger partial charge in [0.2, 0.25) is 0 Å². The van der Waals surface area contributed by atoms with Gasteiger partial charge in [0.05, 0.1) is 11.5 Å². The van der Waals surface area contributed by atoms with Crippen molar-refractivity contribution in [1.29, 1.82) is 0 Å². The molecule has 2 unspecified atom stereocenters. The van der Waals surface area contributed by atoms with Gasteiger partial charge in [-0.1, -0.05) is 30.3 Å². The molecule has 6 nitrogen and oxygen atoms in total. The summed E-state index contributed by atoms with van der Waals surface area (Å²) in [6.45, 7) is 7.39. The molecular formula is C20H34N4O2S. The Kier molecular flexibility index (Phi) is 8.57. The van der Waals surface area contributed by atoms with E-state index in [1.807, 2.05) is 13.0 Å². The lowest BCUT2D eigenvalue weighted by Crippen LogP contribution is -2.40. The van der Waals surface area contributed by atoms with Crippen LogP contribution in [0, 0.1) is 5.92 Å². The van der Waals surface area contributed by atoms with Crippen molar-refractivity contribution in [3.63, 3.8) is 0 Å². The topological polar surface area (TPSA) is 73.8 Å². The Morgan fingerprint density at radius 1 is 1.30 bits per heavy atom. The highest BCUT2D eigenvalue weighted by molar-refractivity contribution is 7.91. The minimum atomic E-state index is -2.83. The van der Waals surface area contributed by atoms with Crippen molar-refractivity contribution in [2.24, 2.45) is 10.9 Å². The molecule has 1 aliphatic heterocycles. The van der Waals surface area contributed by atoms with Crippen LogP contribution in [0.15, 0.2) is 35.3 Å². The molecule has 0 saturated carbocycles. The Morgan fingerprint density at radius 3 is 2.67 bits per heavy atom. The number of benzene rings is 1. The van der Waals surface area contributed by atoms with E-state index in [1.165, 1.54) is 5.56 Å². The third-order valence-corrected chi connectivity index (χ3v) is 6.90. The molecule has 1 heterocycles. The van der Waals surface area contributed by atoms with Crippen LogP contribution in [0.4, 0.5) is 0 Å². The summed E-state index contributed by atoms with van der Waals surface area (Å²) in [5, 5.41) is 6.62. The van der Waals surface area contributed by atoms with Crippen LogP contribution in [-0.2, 0) is 16.4 Å². The minimum absolute atomic E-state index is 0.154. The molecule has 0 aliphatic carbocycles. The molecule has 1 saturated heterocycles. The first-order valence-corrected chi connectivity index (χ1v) is 11.7. The van der Waals surface area contributed by atoms with Gasteiger partial charge in [0.25, 0.3) is 0 Å². The summed E-state index contributed by atoms with van der Waals surface area (Å²) in [5.41, 5.74) is 1.32. The van der Waals surface area contributed by atoms with Gasteiger partial charge in [-0.15, -0.1) is 0 Å². The van der Waals surface area contributed by atoms with Crippen LogP contribution < -0.4 is 10.6 Å². The second-order valence-electron chi connectivity index (χ2n) is 7.45. The summed E-state index contributed by atoms with van der Waals surface area (Å²) in [5.74, 6) is 1.51. The molecule has 7 heteroatoms. The molecule has 0 bridgehead atoms. The molecular weight excluding hydrogens is 360 g/mol. The Balaban J connectivity index is 1.75. The van der Waals surface area contributed by atoms with Gasteiger partial charge in [0.15, 0.2) is 15.8 Å². The fourth-order valence-electron chi connectivity index (χ4n) is 3.23. The maximum absolute atomic E-state index is 11.6. The third-order valence-electron chi connectivity index (χ3n) is 5.06. The highest BCUT2D eigenvalue weighted by Gasteiger charge is 2.27. The summed E-state index contributed by atoms with van der Waals surface area (Å²) < 4.78 is 23.1. The average molecular weight is 395 g/mol. The largest absolute Gasteiger partial charge is 0.357 e. The summed E-state index contributed by atoms with van der Waals surface area (Å²) in [6.07, 6.45) is 1.73. The van der Waals surface area contributed by atoms with E-state index in [4.69, 9.17) is 0 Å². The summed E-state index contributed by atoms with van der Waals surface area (Å²) >= 11 is 0. The number of hydrogen-bond donors (Lipinski definition) is 2. The summed E-state index contributed by atoms with van der Waals surface area (Å²) in [6, 6.07) is 10.9. The fourth-order valence-corrected chi connectivity index (χ4v) is 5.07. The van der Waals surface area contributed by atoms with Gasteiger partial charge in [0, 0.05) is 32.2 Å². The highest BCUT2D eigenvalue weighted by atomic mass is 32.2. The maximum atomic E-state index is 11.6. The summed E-state index contributed by atoms with van der Waals surface area (Å²) in [4.78, 5) is 6.94. The highest BCUT2D eigenvalue weighted by Crippen LogP contribution is 2.18. The second-order valence-corrected chi connectivity index (χ2v) is 9.68. The number of rotatable bonds is 9. The van der Waals surface area contributed by atoms with E-state index in [9.17, 15) is 8.42 Å². The van der Waals surface area contributed by atoms with E-state index in [-0.39, 0.29) is 11.7 Å². The van der Waals surface area contributed by atoms with Gasteiger partial charge >= 0.3 is 0 Å². The van der Waals surface area contributed by atoms with Crippen molar-refractivity contribution in [2.45, 2.75) is 39.3 Å². The molecule has 2 rings (SSSR count). The van der Waals surface area contributed by atoms with Crippen molar-refractivity contribution in [2.75, 3.05) is 38.2 Å². The van der Waals surface area contributed by atoms with Gasteiger partial charge in [-0.2, -0.15) is 0 Å². The molecule has 1 fully saturated rings. The van der Waals surface area contributed by atoms with Gasteiger partial charge in [-0.3, -0.25) is 9.89 Å². The van der Waals surface area contributed by atoms with Gasteiger partial charge < -0.3 is 10.6 Å². The Morgan fingerprint density at radius 2 is 2.04 bits per heavy atom. The number of hydrogen-bond acceptors (Lipinski definition) is 4. The number of guanidine groups is 1. The Labute approximate surface area is 164 Å². The first-order valence-electron chi connectivity index (χ1n) is 9.86. The van der Waals surface area contributed by atoms with Crippen LogP contribution >= 0.6 is 0 Å². The SMILES string of the molecule is CCNC(=NCC1CCS(=O)(=O)C1)NCCC(C)N(C)Cc1ccccc1. The molecule has 27 heavy (non-hydrogen) atoms. The average Bonchev–Trinajstić information content (AvgIpc) is 2.99. The Bertz CT molecular complexity index is 691. The Hall–Kier alpha value is -1.60. The lowest BCUT2D eigenvalue weighted by molar-refractivity contribution is 0.238. The van der Waals surface area contributed by atoms with Gasteiger partial charge in [0.1, 0.15) is 0 Å². The first kappa shape index (κ1) is 21.7. The van der Waals surface area contributed by atoms with Crippen LogP contribution in [0.3, 0.4) is 0 Å². The second kappa shape index (κ2) is 10.7. The zero-order valence-corrected chi connectivity index (χ0v) is 17.6. The first-order chi connectivity index (χ1) is 12.9. The van der Waals surface area contributed by atoms with Crippen molar-refractivity contribution < 1.29 is 8.42 Å². The molecule has 1 aliphatic rings. The molecule has 0 spiro atoms. The molecule has 1 aromatic carbocycles. The predicted octanol–water partition coefficient (Wildman–Crippen LogP) is 1.89.